The van der Waals surface area contributed by atoms with E-state index in [1.54, 1.807) is 30.5 Å². The molecule has 0 aliphatic rings. The second-order valence-electron chi connectivity index (χ2n) is 2.98. The van der Waals surface area contributed by atoms with Crippen LogP contribution in [0.4, 0.5) is 0 Å². The fraction of sp³-hybridized carbons (Fsp3) is 0. The number of furan rings is 1. The summed E-state index contributed by atoms with van der Waals surface area (Å²) in [4.78, 5) is 0. The first-order valence-electron chi connectivity index (χ1n) is 4.27. The van der Waals surface area contributed by atoms with Gasteiger partial charge in [0.15, 0.2) is 0 Å². The summed E-state index contributed by atoms with van der Waals surface area (Å²) in [5.41, 5.74) is 1.29. The summed E-state index contributed by atoms with van der Waals surface area (Å²) in [6.07, 6.45) is 1.58. The molecule has 0 atom stereocenters. The van der Waals surface area contributed by atoms with Crippen LogP contribution in [0.1, 0.15) is 0 Å². The predicted molar refractivity (Wildman–Crippen MR) is 54.0 cm³/mol. The Morgan fingerprint density at radius 3 is 2.57 bits per heavy atom. The van der Waals surface area contributed by atoms with Gasteiger partial charge in [0.05, 0.1) is 6.26 Å². The molecule has 0 radical (unpaired) electrons. The van der Waals surface area contributed by atoms with Gasteiger partial charge in [-0.15, -0.1) is 0 Å². The fourth-order valence-corrected chi connectivity index (χ4v) is 1.30. The van der Waals surface area contributed by atoms with Crippen LogP contribution >= 0.6 is 0 Å². The summed E-state index contributed by atoms with van der Waals surface area (Å²) in [7, 11) is -1.44. The van der Waals surface area contributed by atoms with E-state index in [1.165, 1.54) is 0 Å². The van der Waals surface area contributed by atoms with Crippen molar-refractivity contribution in [2.75, 3.05) is 0 Å². The third-order valence-corrected chi connectivity index (χ3v) is 1.99. The molecule has 0 saturated carbocycles. The van der Waals surface area contributed by atoms with E-state index in [9.17, 15) is 0 Å². The minimum Gasteiger partial charge on any atom is -0.464 e. The SMILES string of the molecule is OB(O)c1cccc(-c2ccco2)c1. The maximum Gasteiger partial charge on any atom is 0.488 e. The monoisotopic (exact) mass is 188 g/mol. The van der Waals surface area contributed by atoms with Crippen molar-refractivity contribution < 1.29 is 14.5 Å². The van der Waals surface area contributed by atoms with Crippen molar-refractivity contribution in [3.63, 3.8) is 0 Å². The average Bonchev–Trinajstić information content (AvgIpc) is 2.71. The summed E-state index contributed by atoms with van der Waals surface area (Å²) in [5, 5.41) is 17.9. The molecular formula is C10H9BO3. The van der Waals surface area contributed by atoms with Gasteiger partial charge in [0.25, 0.3) is 0 Å². The average molecular weight is 188 g/mol. The van der Waals surface area contributed by atoms with E-state index in [0.717, 1.165) is 5.56 Å². The van der Waals surface area contributed by atoms with E-state index in [0.29, 0.717) is 11.2 Å². The van der Waals surface area contributed by atoms with Gasteiger partial charge in [0.2, 0.25) is 0 Å². The van der Waals surface area contributed by atoms with Crippen LogP contribution in [0, 0.1) is 0 Å². The molecule has 0 aliphatic heterocycles. The molecule has 0 bridgehead atoms. The number of hydrogen-bond acceptors (Lipinski definition) is 3. The molecule has 1 aromatic heterocycles. The molecule has 0 spiro atoms. The number of benzene rings is 1. The molecule has 2 rings (SSSR count). The highest BCUT2D eigenvalue weighted by molar-refractivity contribution is 6.58. The van der Waals surface area contributed by atoms with Crippen molar-refractivity contribution in [2.24, 2.45) is 0 Å². The highest BCUT2D eigenvalue weighted by atomic mass is 16.4. The highest BCUT2D eigenvalue weighted by Gasteiger charge is 2.11. The van der Waals surface area contributed by atoms with Gasteiger partial charge in [0, 0.05) is 5.56 Å². The lowest BCUT2D eigenvalue weighted by Gasteiger charge is -2.01. The zero-order valence-corrected chi connectivity index (χ0v) is 7.42. The molecule has 2 aromatic rings. The molecule has 4 heteroatoms. The molecule has 14 heavy (non-hydrogen) atoms. The summed E-state index contributed by atoms with van der Waals surface area (Å²) < 4.78 is 5.19. The molecule has 0 amide bonds. The Kier molecular flexibility index (Phi) is 2.39. The molecule has 0 fully saturated rings. The first kappa shape index (κ1) is 9.06. The minimum atomic E-state index is -1.44. The van der Waals surface area contributed by atoms with Crippen LogP contribution in [0.2, 0.25) is 0 Å². The minimum absolute atomic E-state index is 0.457. The van der Waals surface area contributed by atoms with Crippen LogP contribution in [0.3, 0.4) is 0 Å². The van der Waals surface area contributed by atoms with Crippen molar-refractivity contribution in [3.8, 4) is 11.3 Å². The standard InChI is InChI=1S/C10H9BO3/c12-11(13)9-4-1-3-8(7-9)10-5-2-6-14-10/h1-7,12-13H. The molecule has 70 valence electrons. The molecular weight excluding hydrogens is 179 g/mol. The third kappa shape index (κ3) is 1.71. The topological polar surface area (TPSA) is 53.6 Å². The Bertz CT molecular complexity index is 409. The summed E-state index contributed by atoms with van der Waals surface area (Å²) in [6.45, 7) is 0. The lowest BCUT2D eigenvalue weighted by atomic mass is 9.79. The van der Waals surface area contributed by atoms with Gasteiger partial charge >= 0.3 is 7.12 Å². The van der Waals surface area contributed by atoms with Crippen molar-refractivity contribution >= 4 is 12.6 Å². The van der Waals surface area contributed by atoms with E-state index in [-0.39, 0.29) is 0 Å². The van der Waals surface area contributed by atoms with Gasteiger partial charge in [-0.25, -0.2) is 0 Å². The first-order chi connectivity index (χ1) is 6.77. The van der Waals surface area contributed by atoms with Gasteiger partial charge in [-0.2, -0.15) is 0 Å². The molecule has 3 nitrogen and oxygen atoms in total. The van der Waals surface area contributed by atoms with E-state index in [4.69, 9.17) is 14.5 Å². The quantitative estimate of drug-likeness (QED) is 0.679. The summed E-state index contributed by atoms with van der Waals surface area (Å²) in [6, 6.07) is 10.6. The maximum atomic E-state index is 8.97. The highest BCUT2D eigenvalue weighted by Crippen LogP contribution is 2.17. The molecule has 2 N–H and O–H groups in total. The zero-order chi connectivity index (χ0) is 9.97. The summed E-state index contributed by atoms with van der Waals surface area (Å²) >= 11 is 0. The van der Waals surface area contributed by atoms with E-state index in [1.807, 2.05) is 12.1 Å². The Morgan fingerprint density at radius 2 is 1.93 bits per heavy atom. The van der Waals surface area contributed by atoms with Crippen LogP contribution in [-0.4, -0.2) is 17.2 Å². The normalized spacial score (nSPS) is 10.1. The van der Waals surface area contributed by atoms with Crippen LogP contribution in [0.5, 0.6) is 0 Å². The van der Waals surface area contributed by atoms with Crippen LogP contribution in [-0.2, 0) is 0 Å². The van der Waals surface area contributed by atoms with Crippen molar-refractivity contribution in [2.45, 2.75) is 0 Å². The van der Waals surface area contributed by atoms with Gasteiger partial charge in [-0.05, 0) is 17.6 Å². The Hall–Kier alpha value is -1.52. The summed E-state index contributed by atoms with van der Waals surface area (Å²) in [5.74, 6) is 0.715. The molecule has 0 aliphatic carbocycles. The van der Waals surface area contributed by atoms with E-state index >= 15 is 0 Å². The third-order valence-electron chi connectivity index (χ3n) is 1.99. The first-order valence-corrected chi connectivity index (χ1v) is 4.27. The van der Waals surface area contributed by atoms with Gasteiger partial charge in [0.1, 0.15) is 5.76 Å². The van der Waals surface area contributed by atoms with Gasteiger partial charge in [-0.3, -0.25) is 0 Å². The van der Waals surface area contributed by atoms with Crippen LogP contribution < -0.4 is 5.46 Å². The van der Waals surface area contributed by atoms with Crippen molar-refractivity contribution in [1.29, 1.82) is 0 Å². The molecule has 1 heterocycles. The van der Waals surface area contributed by atoms with Crippen LogP contribution in [0.15, 0.2) is 47.1 Å². The zero-order valence-electron chi connectivity index (χ0n) is 7.42. The lowest BCUT2D eigenvalue weighted by molar-refractivity contribution is 0.426. The Morgan fingerprint density at radius 1 is 1.07 bits per heavy atom. The number of hydrogen-bond donors (Lipinski definition) is 2. The van der Waals surface area contributed by atoms with Gasteiger partial charge in [-0.1, -0.05) is 24.3 Å². The van der Waals surface area contributed by atoms with Gasteiger partial charge < -0.3 is 14.5 Å². The maximum absolute atomic E-state index is 8.97. The van der Waals surface area contributed by atoms with E-state index in [2.05, 4.69) is 0 Å². The van der Waals surface area contributed by atoms with Crippen molar-refractivity contribution in [3.05, 3.63) is 42.7 Å². The second kappa shape index (κ2) is 3.70. The second-order valence-corrected chi connectivity index (χ2v) is 2.98. The predicted octanol–water partition coefficient (Wildman–Crippen LogP) is 0.626. The lowest BCUT2D eigenvalue weighted by Crippen LogP contribution is -2.29. The molecule has 1 aromatic carbocycles. The van der Waals surface area contributed by atoms with E-state index < -0.39 is 7.12 Å². The fourth-order valence-electron chi connectivity index (χ4n) is 1.30. The Balaban J connectivity index is 2.41. The smallest absolute Gasteiger partial charge is 0.464 e. The largest absolute Gasteiger partial charge is 0.488 e. The Labute approximate surface area is 81.8 Å². The molecule has 0 unspecified atom stereocenters. The van der Waals surface area contributed by atoms with Crippen LogP contribution in [0.25, 0.3) is 11.3 Å². The van der Waals surface area contributed by atoms with Crippen molar-refractivity contribution in [1.82, 2.24) is 0 Å². The molecule has 0 saturated heterocycles. The number of rotatable bonds is 2.